The SMILES string of the molecule is Cc1cccc(OCCCn2c(CNC(=O)COc3ccccc3)nc3ccccc32)c1. The highest BCUT2D eigenvalue weighted by molar-refractivity contribution is 5.78. The van der Waals surface area contributed by atoms with Crippen molar-refractivity contribution in [3.63, 3.8) is 0 Å². The smallest absolute Gasteiger partial charge is 0.258 e. The van der Waals surface area contributed by atoms with Crippen LogP contribution >= 0.6 is 0 Å². The molecule has 4 aromatic rings. The van der Waals surface area contributed by atoms with E-state index in [4.69, 9.17) is 14.5 Å². The van der Waals surface area contributed by atoms with Crippen LogP contribution in [0.2, 0.25) is 0 Å². The lowest BCUT2D eigenvalue weighted by Crippen LogP contribution is -2.29. The standard InChI is InChI=1S/C26H27N3O3/c1-20-9-7-12-22(17-20)31-16-8-15-29-24-14-6-5-13-23(24)28-25(29)18-27-26(30)19-32-21-10-3-2-4-11-21/h2-7,9-14,17H,8,15-16,18-19H2,1H3,(H,27,30). The molecule has 0 saturated heterocycles. The first-order chi connectivity index (χ1) is 15.7. The third-order valence-corrected chi connectivity index (χ3v) is 5.07. The molecular weight excluding hydrogens is 402 g/mol. The average molecular weight is 430 g/mol. The monoisotopic (exact) mass is 429 g/mol. The molecule has 0 bridgehead atoms. The number of aryl methyl sites for hydroxylation is 2. The molecule has 1 aromatic heterocycles. The number of nitrogens with zero attached hydrogens (tertiary/aromatic N) is 2. The number of aromatic nitrogens is 2. The third kappa shape index (κ3) is 5.66. The van der Waals surface area contributed by atoms with Gasteiger partial charge >= 0.3 is 0 Å². The molecule has 0 atom stereocenters. The van der Waals surface area contributed by atoms with E-state index in [-0.39, 0.29) is 12.5 Å². The van der Waals surface area contributed by atoms with Crippen molar-refractivity contribution >= 4 is 16.9 Å². The minimum absolute atomic E-state index is 0.0332. The van der Waals surface area contributed by atoms with Crippen LogP contribution in [-0.4, -0.2) is 28.7 Å². The zero-order chi connectivity index (χ0) is 22.2. The Hall–Kier alpha value is -3.80. The minimum atomic E-state index is -0.185. The fourth-order valence-corrected chi connectivity index (χ4v) is 3.52. The van der Waals surface area contributed by atoms with Gasteiger partial charge in [-0.2, -0.15) is 0 Å². The molecule has 0 unspecified atom stereocenters. The van der Waals surface area contributed by atoms with Gasteiger partial charge in [-0.25, -0.2) is 4.98 Å². The Balaban J connectivity index is 1.35. The lowest BCUT2D eigenvalue weighted by molar-refractivity contribution is -0.123. The van der Waals surface area contributed by atoms with Crippen LogP contribution in [0.1, 0.15) is 17.8 Å². The number of nitrogens with one attached hydrogen (secondary N) is 1. The third-order valence-electron chi connectivity index (χ3n) is 5.07. The van der Waals surface area contributed by atoms with E-state index >= 15 is 0 Å². The van der Waals surface area contributed by atoms with Gasteiger partial charge in [-0.1, -0.05) is 42.5 Å². The molecule has 0 saturated carbocycles. The zero-order valence-corrected chi connectivity index (χ0v) is 18.2. The Morgan fingerprint density at radius 1 is 0.938 bits per heavy atom. The Bertz CT molecular complexity index is 1170. The maximum Gasteiger partial charge on any atom is 0.258 e. The van der Waals surface area contributed by atoms with E-state index in [0.29, 0.717) is 18.9 Å². The molecule has 4 rings (SSSR count). The molecular formula is C26H27N3O3. The summed E-state index contributed by atoms with van der Waals surface area (Å²) in [5, 5.41) is 2.91. The van der Waals surface area contributed by atoms with E-state index in [1.807, 2.05) is 72.8 Å². The van der Waals surface area contributed by atoms with Crippen LogP contribution < -0.4 is 14.8 Å². The van der Waals surface area contributed by atoms with Crippen molar-refractivity contribution in [1.82, 2.24) is 14.9 Å². The maximum absolute atomic E-state index is 12.3. The van der Waals surface area contributed by atoms with E-state index in [0.717, 1.165) is 35.6 Å². The van der Waals surface area contributed by atoms with Crippen LogP contribution in [0.5, 0.6) is 11.5 Å². The molecule has 6 nitrogen and oxygen atoms in total. The Kier molecular flexibility index (Phi) is 7.02. The number of carbonyl (C=O) groups excluding carboxylic acids is 1. The van der Waals surface area contributed by atoms with E-state index in [1.54, 1.807) is 0 Å². The van der Waals surface area contributed by atoms with Crippen LogP contribution in [0, 0.1) is 6.92 Å². The summed E-state index contributed by atoms with van der Waals surface area (Å²) in [5.74, 6) is 2.18. The fourth-order valence-electron chi connectivity index (χ4n) is 3.52. The first kappa shape index (κ1) is 21.4. The highest BCUT2D eigenvalue weighted by Gasteiger charge is 2.12. The zero-order valence-electron chi connectivity index (χ0n) is 18.2. The van der Waals surface area contributed by atoms with Gasteiger partial charge in [0.2, 0.25) is 0 Å². The normalized spacial score (nSPS) is 10.8. The molecule has 0 fully saturated rings. The van der Waals surface area contributed by atoms with Gasteiger partial charge in [0, 0.05) is 6.54 Å². The number of fused-ring (bicyclic) bond motifs is 1. The van der Waals surface area contributed by atoms with Crippen molar-refractivity contribution in [1.29, 1.82) is 0 Å². The van der Waals surface area contributed by atoms with Gasteiger partial charge in [-0.3, -0.25) is 4.79 Å². The quantitative estimate of drug-likeness (QED) is 0.377. The molecule has 0 aliphatic heterocycles. The summed E-state index contributed by atoms with van der Waals surface area (Å²) in [4.78, 5) is 17.0. The van der Waals surface area contributed by atoms with Gasteiger partial charge in [-0.05, 0) is 55.3 Å². The van der Waals surface area contributed by atoms with Crippen molar-refractivity contribution in [2.24, 2.45) is 0 Å². The number of rotatable bonds is 10. The topological polar surface area (TPSA) is 65.4 Å². The summed E-state index contributed by atoms with van der Waals surface area (Å²) >= 11 is 0. The minimum Gasteiger partial charge on any atom is -0.494 e. The van der Waals surface area contributed by atoms with Gasteiger partial charge in [0.25, 0.3) is 5.91 Å². The summed E-state index contributed by atoms with van der Waals surface area (Å²) in [6, 6.07) is 25.4. The first-order valence-electron chi connectivity index (χ1n) is 10.8. The molecule has 1 N–H and O–H groups in total. The molecule has 1 amide bonds. The molecule has 0 aliphatic carbocycles. The van der Waals surface area contributed by atoms with Crippen molar-refractivity contribution < 1.29 is 14.3 Å². The molecule has 0 aliphatic rings. The predicted octanol–water partition coefficient (Wildman–Crippen LogP) is 4.51. The Labute approximate surface area is 187 Å². The number of para-hydroxylation sites is 3. The maximum atomic E-state index is 12.3. The molecule has 164 valence electrons. The van der Waals surface area contributed by atoms with Crippen molar-refractivity contribution in [3.8, 4) is 11.5 Å². The Morgan fingerprint density at radius 3 is 2.56 bits per heavy atom. The summed E-state index contributed by atoms with van der Waals surface area (Å²) in [6.45, 7) is 3.71. The number of ether oxygens (including phenoxy) is 2. The van der Waals surface area contributed by atoms with Gasteiger partial charge in [-0.15, -0.1) is 0 Å². The van der Waals surface area contributed by atoms with E-state index in [9.17, 15) is 4.79 Å². The second kappa shape index (κ2) is 10.5. The van der Waals surface area contributed by atoms with Crippen molar-refractivity contribution in [3.05, 3.63) is 90.3 Å². The van der Waals surface area contributed by atoms with E-state index in [1.165, 1.54) is 5.56 Å². The van der Waals surface area contributed by atoms with Gasteiger partial charge in [0.15, 0.2) is 6.61 Å². The number of hydrogen-bond donors (Lipinski definition) is 1. The predicted molar refractivity (Wildman–Crippen MR) is 125 cm³/mol. The van der Waals surface area contributed by atoms with Crippen LogP contribution in [0.25, 0.3) is 11.0 Å². The average Bonchev–Trinajstić information content (AvgIpc) is 3.17. The fraction of sp³-hybridized carbons (Fsp3) is 0.231. The number of carbonyl (C=O) groups is 1. The van der Waals surface area contributed by atoms with E-state index < -0.39 is 0 Å². The molecule has 0 spiro atoms. The lowest BCUT2D eigenvalue weighted by Gasteiger charge is -2.12. The van der Waals surface area contributed by atoms with Crippen LogP contribution in [0.15, 0.2) is 78.9 Å². The highest BCUT2D eigenvalue weighted by atomic mass is 16.5. The van der Waals surface area contributed by atoms with Crippen LogP contribution in [0.4, 0.5) is 0 Å². The molecule has 6 heteroatoms. The molecule has 32 heavy (non-hydrogen) atoms. The van der Waals surface area contributed by atoms with Crippen LogP contribution in [-0.2, 0) is 17.9 Å². The van der Waals surface area contributed by atoms with Gasteiger partial charge in [0.1, 0.15) is 17.3 Å². The Morgan fingerprint density at radius 2 is 1.72 bits per heavy atom. The van der Waals surface area contributed by atoms with Crippen LogP contribution in [0.3, 0.4) is 0 Å². The molecule has 0 radical (unpaired) electrons. The summed E-state index contributed by atoms with van der Waals surface area (Å²) in [7, 11) is 0. The number of amides is 1. The second-order valence-electron chi connectivity index (χ2n) is 7.57. The summed E-state index contributed by atoms with van der Waals surface area (Å²) in [5.41, 5.74) is 3.14. The second-order valence-corrected chi connectivity index (χ2v) is 7.57. The van der Waals surface area contributed by atoms with Gasteiger partial charge < -0.3 is 19.4 Å². The molecule has 3 aromatic carbocycles. The molecule has 1 heterocycles. The van der Waals surface area contributed by atoms with Gasteiger partial charge in [0.05, 0.1) is 24.2 Å². The number of imidazole rings is 1. The van der Waals surface area contributed by atoms with E-state index in [2.05, 4.69) is 22.9 Å². The summed E-state index contributed by atoms with van der Waals surface area (Å²) < 4.78 is 13.6. The number of hydrogen-bond acceptors (Lipinski definition) is 4. The largest absolute Gasteiger partial charge is 0.494 e. The first-order valence-corrected chi connectivity index (χ1v) is 10.8. The van der Waals surface area contributed by atoms with Crippen molar-refractivity contribution in [2.45, 2.75) is 26.4 Å². The summed E-state index contributed by atoms with van der Waals surface area (Å²) in [6.07, 6.45) is 0.826. The lowest BCUT2D eigenvalue weighted by atomic mass is 10.2. The number of benzene rings is 3. The highest BCUT2D eigenvalue weighted by Crippen LogP contribution is 2.17. The van der Waals surface area contributed by atoms with Crippen molar-refractivity contribution in [2.75, 3.05) is 13.2 Å².